The fourth-order valence-electron chi connectivity index (χ4n) is 2.49. The number of nitrogens with one attached hydrogen (secondary N) is 1. The molecule has 0 atom stereocenters. The maximum absolute atomic E-state index is 13.1. The average Bonchev–Trinajstić information content (AvgIpc) is 2.67. The molecule has 0 aliphatic rings. The van der Waals surface area contributed by atoms with Gasteiger partial charge in [0.15, 0.2) is 0 Å². The van der Waals surface area contributed by atoms with Crippen molar-refractivity contribution in [3.8, 4) is 11.8 Å². The lowest BCUT2D eigenvalue weighted by Crippen LogP contribution is -2.25. The molecule has 0 radical (unpaired) electrons. The van der Waals surface area contributed by atoms with Gasteiger partial charge >= 0.3 is 0 Å². The van der Waals surface area contributed by atoms with Crippen molar-refractivity contribution in [3.63, 3.8) is 0 Å². The smallest absolute Gasteiger partial charge is 0.251 e. The van der Waals surface area contributed by atoms with E-state index < -0.39 is 0 Å². The molecule has 1 amide bonds. The molecule has 0 bridgehead atoms. The summed E-state index contributed by atoms with van der Waals surface area (Å²) in [6.07, 6.45) is 0.587. The summed E-state index contributed by atoms with van der Waals surface area (Å²) in [7, 11) is 0. The Labute approximate surface area is 152 Å². The van der Waals surface area contributed by atoms with Crippen molar-refractivity contribution in [3.05, 3.63) is 107 Å². The van der Waals surface area contributed by atoms with Crippen LogP contribution in [0.2, 0.25) is 0 Å². The van der Waals surface area contributed by atoms with Crippen molar-refractivity contribution in [1.82, 2.24) is 5.32 Å². The molecule has 3 heteroatoms. The third kappa shape index (κ3) is 5.06. The highest BCUT2D eigenvalue weighted by Crippen LogP contribution is 2.06. The quantitative estimate of drug-likeness (QED) is 0.707. The Morgan fingerprint density at radius 3 is 2.23 bits per heavy atom. The molecule has 0 unspecified atom stereocenters. The monoisotopic (exact) mass is 343 g/mol. The van der Waals surface area contributed by atoms with Crippen molar-refractivity contribution in [2.24, 2.45) is 0 Å². The van der Waals surface area contributed by atoms with Gasteiger partial charge in [-0.1, -0.05) is 42.2 Å². The summed E-state index contributed by atoms with van der Waals surface area (Å²) in [4.78, 5) is 12.2. The molecule has 0 saturated carbocycles. The highest BCUT2D eigenvalue weighted by molar-refractivity contribution is 5.94. The molecule has 0 aliphatic carbocycles. The van der Waals surface area contributed by atoms with Crippen LogP contribution in [0.5, 0.6) is 0 Å². The molecule has 0 fully saturated rings. The fraction of sp³-hybridized carbons (Fsp3) is 0.0870. The molecule has 1 N–H and O–H groups in total. The summed E-state index contributed by atoms with van der Waals surface area (Å²) in [6.45, 7) is 0.456. The van der Waals surface area contributed by atoms with Gasteiger partial charge in [0, 0.05) is 23.2 Å². The maximum Gasteiger partial charge on any atom is 0.251 e. The minimum atomic E-state index is -0.263. The van der Waals surface area contributed by atoms with E-state index >= 15 is 0 Å². The Bertz CT molecular complexity index is 937. The highest BCUT2D eigenvalue weighted by atomic mass is 19.1. The first-order valence-corrected chi connectivity index (χ1v) is 8.40. The van der Waals surface area contributed by atoms with Gasteiger partial charge in [0.1, 0.15) is 5.82 Å². The molecule has 3 aromatic rings. The van der Waals surface area contributed by atoms with Crippen LogP contribution in [0.4, 0.5) is 4.39 Å². The lowest BCUT2D eigenvalue weighted by molar-refractivity contribution is 0.0954. The SMILES string of the molecule is O=C(NCCc1cccc(F)c1)c1ccc(C#Cc2ccccc2)cc1. The number of amides is 1. The Balaban J connectivity index is 1.54. The van der Waals surface area contributed by atoms with E-state index in [0.717, 1.165) is 16.7 Å². The van der Waals surface area contributed by atoms with Crippen LogP contribution in [0, 0.1) is 17.7 Å². The Morgan fingerprint density at radius 2 is 1.54 bits per heavy atom. The normalized spacial score (nSPS) is 9.88. The van der Waals surface area contributed by atoms with Gasteiger partial charge in [-0.2, -0.15) is 0 Å². The summed E-state index contributed by atoms with van der Waals surface area (Å²) in [5.74, 6) is 5.75. The van der Waals surface area contributed by atoms with E-state index in [1.54, 1.807) is 18.2 Å². The van der Waals surface area contributed by atoms with Crippen molar-refractivity contribution < 1.29 is 9.18 Å². The number of halogens is 1. The number of benzene rings is 3. The molecule has 3 rings (SSSR count). The number of hydrogen-bond acceptors (Lipinski definition) is 1. The zero-order valence-corrected chi connectivity index (χ0v) is 14.2. The van der Waals surface area contributed by atoms with Crippen molar-refractivity contribution in [2.45, 2.75) is 6.42 Å². The zero-order valence-electron chi connectivity index (χ0n) is 14.2. The molecule has 128 valence electrons. The van der Waals surface area contributed by atoms with Crippen LogP contribution in [0.1, 0.15) is 27.0 Å². The van der Waals surface area contributed by atoms with Crippen molar-refractivity contribution in [2.75, 3.05) is 6.54 Å². The largest absolute Gasteiger partial charge is 0.352 e. The number of rotatable bonds is 4. The molecule has 0 saturated heterocycles. The Morgan fingerprint density at radius 1 is 0.846 bits per heavy atom. The molecule has 0 aliphatic heterocycles. The van der Waals surface area contributed by atoms with E-state index in [-0.39, 0.29) is 11.7 Å². The van der Waals surface area contributed by atoms with E-state index in [0.29, 0.717) is 18.5 Å². The topological polar surface area (TPSA) is 29.1 Å². The van der Waals surface area contributed by atoms with E-state index in [4.69, 9.17) is 0 Å². The van der Waals surface area contributed by atoms with E-state index in [2.05, 4.69) is 17.2 Å². The first-order valence-electron chi connectivity index (χ1n) is 8.40. The van der Waals surface area contributed by atoms with Gasteiger partial charge in [0.05, 0.1) is 0 Å². The van der Waals surface area contributed by atoms with Crippen LogP contribution in [-0.2, 0) is 6.42 Å². The molecule has 0 aromatic heterocycles. The van der Waals surface area contributed by atoms with Gasteiger partial charge in [-0.3, -0.25) is 4.79 Å². The highest BCUT2D eigenvalue weighted by Gasteiger charge is 2.04. The third-order valence-corrected chi connectivity index (χ3v) is 3.86. The van der Waals surface area contributed by atoms with Gasteiger partial charge in [0.25, 0.3) is 5.91 Å². The maximum atomic E-state index is 13.1. The lowest BCUT2D eigenvalue weighted by Gasteiger charge is -2.06. The molecule has 0 spiro atoms. The second kappa shape index (κ2) is 8.64. The third-order valence-electron chi connectivity index (χ3n) is 3.86. The van der Waals surface area contributed by atoms with Crippen LogP contribution in [-0.4, -0.2) is 12.5 Å². The van der Waals surface area contributed by atoms with E-state index in [1.165, 1.54) is 12.1 Å². The first-order chi connectivity index (χ1) is 12.7. The van der Waals surface area contributed by atoms with Crippen LogP contribution >= 0.6 is 0 Å². The minimum Gasteiger partial charge on any atom is -0.352 e. The average molecular weight is 343 g/mol. The molecular weight excluding hydrogens is 325 g/mol. The first kappa shape index (κ1) is 17.4. The van der Waals surface area contributed by atoms with Crippen LogP contribution in [0.25, 0.3) is 0 Å². The van der Waals surface area contributed by atoms with Crippen LogP contribution in [0.3, 0.4) is 0 Å². The van der Waals surface area contributed by atoms with E-state index in [9.17, 15) is 9.18 Å². The predicted octanol–water partition coefficient (Wildman–Crippen LogP) is 4.20. The molecule has 2 nitrogen and oxygen atoms in total. The van der Waals surface area contributed by atoms with Gasteiger partial charge in [-0.15, -0.1) is 0 Å². The molecule has 0 heterocycles. The summed E-state index contributed by atoms with van der Waals surface area (Å²) >= 11 is 0. The second-order valence-electron chi connectivity index (χ2n) is 5.83. The van der Waals surface area contributed by atoms with Crippen molar-refractivity contribution in [1.29, 1.82) is 0 Å². The summed E-state index contributed by atoms with van der Waals surface area (Å²) in [5, 5.41) is 2.85. The van der Waals surface area contributed by atoms with Gasteiger partial charge < -0.3 is 5.32 Å². The fourth-order valence-corrected chi connectivity index (χ4v) is 2.49. The van der Waals surface area contributed by atoms with Gasteiger partial charge in [-0.05, 0) is 60.5 Å². The van der Waals surface area contributed by atoms with Crippen molar-refractivity contribution >= 4 is 5.91 Å². The van der Waals surface area contributed by atoms with E-state index in [1.807, 2.05) is 48.5 Å². The molecule has 26 heavy (non-hydrogen) atoms. The zero-order chi connectivity index (χ0) is 18.2. The van der Waals surface area contributed by atoms with Gasteiger partial charge in [-0.25, -0.2) is 4.39 Å². The second-order valence-corrected chi connectivity index (χ2v) is 5.83. The Kier molecular flexibility index (Phi) is 5.80. The number of hydrogen-bond donors (Lipinski definition) is 1. The summed E-state index contributed by atoms with van der Waals surface area (Å²) in [6, 6.07) is 23.3. The summed E-state index contributed by atoms with van der Waals surface area (Å²) in [5.41, 5.74) is 3.24. The van der Waals surface area contributed by atoms with Crippen LogP contribution < -0.4 is 5.32 Å². The lowest BCUT2D eigenvalue weighted by atomic mass is 10.1. The predicted molar refractivity (Wildman–Crippen MR) is 101 cm³/mol. The Hall–Kier alpha value is -3.38. The molecule has 3 aromatic carbocycles. The van der Waals surface area contributed by atoms with Gasteiger partial charge in [0.2, 0.25) is 0 Å². The summed E-state index contributed by atoms with van der Waals surface area (Å²) < 4.78 is 13.1. The number of carbonyl (C=O) groups is 1. The minimum absolute atomic E-state index is 0.149. The molecular formula is C23H18FNO. The van der Waals surface area contributed by atoms with Crippen LogP contribution in [0.15, 0.2) is 78.9 Å². The number of carbonyl (C=O) groups excluding carboxylic acids is 1. The standard InChI is InChI=1S/C23H18FNO/c24-22-8-4-7-20(17-22)15-16-25-23(26)21-13-11-19(12-14-21)10-9-18-5-2-1-3-6-18/h1-8,11-14,17H,15-16H2,(H,25,26).